The number of alkyl halides is 3. The van der Waals surface area contributed by atoms with Gasteiger partial charge in [-0.3, -0.25) is 0 Å². The Kier molecular flexibility index (Phi) is 7.04. The van der Waals surface area contributed by atoms with Crippen LogP contribution in [0.5, 0.6) is 0 Å². The van der Waals surface area contributed by atoms with Gasteiger partial charge >= 0.3 is 12.1 Å². The number of tetrazole rings is 1. The summed E-state index contributed by atoms with van der Waals surface area (Å²) in [6.45, 7) is 5.61. The first-order valence-electron chi connectivity index (χ1n) is 7.92. The lowest BCUT2D eigenvalue weighted by Crippen LogP contribution is -2.44. The SMILES string of the molecule is O=C(O)C(F)(F)F.c1cc(CCN2CCNCC2)cc(-n2cnnn2)c1. The molecule has 142 valence electrons. The van der Waals surface area contributed by atoms with Crippen LogP contribution < -0.4 is 5.32 Å². The van der Waals surface area contributed by atoms with Gasteiger partial charge in [0.25, 0.3) is 0 Å². The lowest BCUT2D eigenvalue weighted by Gasteiger charge is -2.27. The Morgan fingerprint density at radius 3 is 2.54 bits per heavy atom. The Bertz CT molecular complexity index is 687. The van der Waals surface area contributed by atoms with Crippen LogP contribution in [-0.2, 0) is 11.2 Å². The van der Waals surface area contributed by atoms with Gasteiger partial charge < -0.3 is 15.3 Å². The van der Waals surface area contributed by atoms with Crippen LogP contribution >= 0.6 is 0 Å². The third-order valence-corrected chi connectivity index (χ3v) is 3.69. The van der Waals surface area contributed by atoms with Crippen molar-refractivity contribution < 1.29 is 23.1 Å². The van der Waals surface area contributed by atoms with Crippen molar-refractivity contribution in [3.63, 3.8) is 0 Å². The van der Waals surface area contributed by atoms with Crippen molar-refractivity contribution in [2.75, 3.05) is 32.7 Å². The van der Waals surface area contributed by atoms with Crippen LogP contribution in [0.15, 0.2) is 30.6 Å². The number of hydrogen-bond acceptors (Lipinski definition) is 6. The number of aromatic nitrogens is 4. The summed E-state index contributed by atoms with van der Waals surface area (Å²) in [6.07, 6.45) is -2.40. The van der Waals surface area contributed by atoms with Crippen LogP contribution in [0.25, 0.3) is 5.69 Å². The van der Waals surface area contributed by atoms with E-state index in [1.165, 1.54) is 5.56 Å². The molecule has 2 N–H and O–H groups in total. The number of aliphatic carboxylic acids is 1. The van der Waals surface area contributed by atoms with Gasteiger partial charge in [0.15, 0.2) is 0 Å². The largest absolute Gasteiger partial charge is 0.490 e. The number of rotatable bonds is 4. The van der Waals surface area contributed by atoms with Gasteiger partial charge in [0.2, 0.25) is 0 Å². The lowest BCUT2D eigenvalue weighted by atomic mass is 10.1. The monoisotopic (exact) mass is 372 g/mol. The number of piperazine rings is 1. The van der Waals surface area contributed by atoms with Crippen molar-refractivity contribution >= 4 is 5.97 Å². The molecule has 0 radical (unpaired) electrons. The van der Waals surface area contributed by atoms with Gasteiger partial charge in [-0.2, -0.15) is 13.2 Å². The maximum absolute atomic E-state index is 10.6. The van der Waals surface area contributed by atoms with E-state index in [9.17, 15) is 13.2 Å². The van der Waals surface area contributed by atoms with Gasteiger partial charge in [0, 0.05) is 32.7 Å². The van der Waals surface area contributed by atoms with Gasteiger partial charge in [-0.1, -0.05) is 12.1 Å². The van der Waals surface area contributed by atoms with Crippen LogP contribution in [0.2, 0.25) is 0 Å². The van der Waals surface area contributed by atoms with E-state index in [2.05, 4.69) is 43.9 Å². The minimum atomic E-state index is -5.08. The number of benzene rings is 1. The zero-order valence-electron chi connectivity index (χ0n) is 13.9. The molecule has 0 unspecified atom stereocenters. The average molecular weight is 372 g/mol. The molecule has 2 aromatic rings. The smallest absolute Gasteiger partial charge is 0.475 e. The first-order chi connectivity index (χ1) is 12.4. The fourth-order valence-corrected chi connectivity index (χ4v) is 2.36. The number of carbonyl (C=O) groups is 1. The Hall–Kier alpha value is -2.53. The fourth-order valence-electron chi connectivity index (χ4n) is 2.36. The molecule has 8 nitrogen and oxygen atoms in total. The van der Waals surface area contributed by atoms with Crippen LogP contribution in [-0.4, -0.2) is 75.1 Å². The highest BCUT2D eigenvalue weighted by Gasteiger charge is 2.38. The van der Waals surface area contributed by atoms with E-state index < -0.39 is 12.1 Å². The molecule has 11 heteroatoms. The van der Waals surface area contributed by atoms with Crippen molar-refractivity contribution in [1.29, 1.82) is 0 Å². The number of carboxylic acid groups (broad SMARTS) is 1. The lowest BCUT2D eigenvalue weighted by molar-refractivity contribution is -0.192. The van der Waals surface area contributed by atoms with Gasteiger partial charge in [0.1, 0.15) is 6.33 Å². The summed E-state index contributed by atoms with van der Waals surface area (Å²) in [5.41, 5.74) is 2.34. The van der Waals surface area contributed by atoms with Gasteiger partial charge in [0.05, 0.1) is 5.69 Å². The quantitative estimate of drug-likeness (QED) is 0.817. The molecule has 1 aromatic heterocycles. The van der Waals surface area contributed by atoms with Crippen LogP contribution in [0, 0.1) is 0 Å². The minimum Gasteiger partial charge on any atom is -0.475 e. The molecule has 0 amide bonds. The topological polar surface area (TPSA) is 96.2 Å². The zero-order chi connectivity index (χ0) is 19.0. The van der Waals surface area contributed by atoms with E-state index in [1.807, 2.05) is 6.07 Å². The molecule has 0 saturated carbocycles. The normalized spacial score (nSPS) is 15.2. The Morgan fingerprint density at radius 1 is 1.27 bits per heavy atom. The summed E-state index contributed by atoms with van der Waals surface area (Å²) >= 11 is 0. The average Bonchev–Trinajstić information content (AvgIpc) is 3.16. The van der Waals surface area contributed by atoms with E-state index in [0.29, 0.717) is 0 Å². The first-order valence-corrected chi connectivity index (χ1v) is 7.92. The second-order valence-electron chi connectivity index (χ2n) is 5.57. The highest BCUT2D eigenvalue weighted by molar-refractivity contribution is 5.73. The van der Waals surface area contributed by atoms with E-state index >= 15 is 0 Å². The molecule has 0 atom stereocenters. The zero-order valence-corrected chi connectivity index (χ0v) is 13.9. The Labute approximate surface area is 147 Å². The predicted molar refractivity (Wildman–Crippen MR) is 85.9 cm³/mol. The van der Waals surface area contributed by atoms with Crippen molar-refractivity contribution in [1.82, 2.24) is 30.4 Å². The van der Waals surface area contributed by atoms with E-state index in [1.54, 1.807) is 11.0 Å². The molecule has 0 bridgehead atoms. The fraction of sp³-hybridized carbons (Fsp3) is 0.467. The molecular formula is C15H19F3N6O2. The molecule has 3 rings (SSSR count). The molecule has 1 aliphatic heterocycles. The number of halogens is 3. The van der Waals surface area contributed by atoms with Gasteiger partial charge in [-0.15, -0.1) is 5.10 Å². The van der Waals surface area contributed by atoms with Crippen molar-refractivity contribution in [3.05, 3.63) is 36.2 Å². The standard InChI is InChI=1S/C13H18N6.C2HF3O2/c1-2-12(4-7-18-8-5-14-6-9-18)10-13(3-1)19-11-15-16-17-19;3-2(4,5)1(6)7/h1-3,10-11,14H,4-9H2;(H,6,7). The van der Waals surface area contributed by atoms with Crippen LogP contribution in [0.4, 0.5) is 13.2 Å². The molecule has 1 fully saturated rings. The van der Waals surface area contributed by atoms with E-state index in [-0.39, 0.29) is 0 Å². The summed E-state index contributed by atoms with van der Waals surface area (Å²) in [7, 11) is 0. The van der Waals surface area contributed by atoms with Crippen molar-refractivity contribution in [2.24, 2.45) is 0 Å². The Balaban J connectivity index is 0.000000298. The minimum absolute atomic E-state index is 1.02. The third-order valence-electron chi connectivity index (χ3n) is 3.69. The van der Waals surface area contributed by atoms with Gasteiger partial charge in [-0.05, 0) is 34.5 Å². The summed E-state index contributed by atoms with van der Waals surface area (Å²) < 4.78 is 33.4. The second-order valence-corrected chi connectivity index (χ2v) is 5.57. The molecule has 1 aromatic carbocycles. The van der Waals surface area contributed by atoms with Crippen LogP contribution in [0.3, 0.4) is 0 Å². The van der Waals surface area contributed by atoms with E-state index in [4.69, 9.17) is 9.90 Å². The van der Waals surface area contributed by atoms with E-state index in [0.717, 1.165) is 44.8 Å². The number of nitrogens with one attached hydrogen (secondary N) is 1. The maximum Gasteiger partial charge on any atom is 0.490 e. The third kappa shape index (κ3) is 6.41. The summed E-state index contributed by atoms with van der Waals surface area (Å²) in [5, 5.41) is 21.7. The Morgan fingerprint density at radius 2 is 1.96 bits per heavy atom. The molecule has 1 saturated heterocycles. The molecule has 0 spiro atoms. The highest BCUT2D eigenvalue weighted by Crippen LogP contribution is 2.13. The molecular weight excluding hydrogens is 353 g/mol. The van der Waals surface area contributed by atoms with Gasteiger partial charge in [-0.25, -0.2) is 9.48 Å². The summed E-state index contributed by atoms with van der Waals surface area (Å²) in [5.74, 6) is -2.76. The number of carboxylic acids is 1. The molecule has 26 heavy (non-hydrogen) atoms. The van der Waals surface area contributed by atoms with Crippen molar-refractivity contribution in [2.45, 2.75) is 12.6 Å². The predicted octanol–water partition coefficient (Wildman–Crippen LogP) is 0.743. The van der Waals surface area contributed by atoms with Crippen LogP contribution in [0.1, 0.15) is 5.56 Å². The first kappa shape index (κ1) is 19.8. The molecule has 2 heterocycles. The number of nitrogens with zero attached hydrogens (tertiary/aromatic N) is 5. The highest BCUT2D eigenvalue weighted by atomic mass is 19.4. The maximum atomic E-state index is 10.6. The summed E-state index contributed by atoms with van der Waals surface area (Å²) in [6, 6.07) is 8.39. The molecule has 0 aliphatic carbocycles. The molecule has 1 aliphatic rings. The number of hydrogen-bond donors (Lipinski definition) is 2. The van der Waals surface area contributed by atoms with Crippen molar-refractivity contribution in [3.8, 4) is 5.69 Å². The summed E-state index contributed by atoms with van der Waals surface area (Å²) in [4.78, 5) is 11.4. The second kappa shape index (κ2) is 9.25.